The first-order valence-corrected chi connectivity index (χ1v) is 10.7. The minimum absolute atomic E-state index is 0.709. The maximum atomic E-state index is 2.76. The quantitative estimate of drug-likeness (QED) is 0.778. The van der Waals surface area contributed by atoms with Crippen LogP contribution in [0.25, 0.3) is 0 Å². The summed E-state index contributed by atoms with van der Waals surface area (Å²) in [6.07, 6.45) is 8.97. The van der Waals surface area contributed by atoms with Gasteiger partial charge in [-0.2, -0.15) is 0 Å². The van der Waals surface area contributed by atoms with E-state index in [1.807, 2.05) is 13.8 Å². The predicted molar refractivity (Wildman–Crippen MR) is 103 cm³/mol. The largest absolute Gasteiger partial charge is 0.304 e. The maximum Gasteiger partial charge on any atom is 0.0110 e. The number of piperazine rings is 1. The van der Waals surface area contributed by atoms with E-state index in [1.165, 1.54) is 90.9 Å². The van der Waals surface area contributed by atoms with Crippen LogP contribution in [0.5, 0.6) is 0 Å². The summed E-state index contributed by atoms with van der Waals surface area (Å²) >= 11 is 0. The molecule has 0 amide bonds. The topological polar surface area (TPSA) is 9.72 Å². The van der Waals surface area contributed by atoms with E-state index in [0.29, 0.717) is 5.41 Å². The Balaban J connectivity index is 0.000000815. The summed E-state index contributed by atoms with van der Waals surface area (Å²) in [5.41, 5.74) is 1.45. The molecule has 4 rings (SSSR count). The first kappa shape index (κ1) is 18.7. The van der Waals surface area contributed by atoms with Crippen molar-refractivity contribution in [1.29, 1.82) is 0 Å². The second kappa shape index (κ2) is 7.63. The molecule has 4 aliphatic rings. The summed E-state index contributed by atoms with van der Waals surface area (Å²) in [4.78, 5) is 7.95. The van der Waals surface area contributed by atoms with Crippen LogP contribution in [0.1, 0.15) is 59.3 Å². The normalized spacial score (nSPS) is 30.5. The summed E-state index contributed by atoms with van der Waals surface area (Å²) in [6.45, 7) is 17.2. The molecule has 0 aromatic rings. The molecular weight excluding hydrogens is 294 g/mol. The highest BCUT2D eigenvalue weighted by Gasteiger charge is 2.48. The van der Waals surface area contributed by atoms with Gasteiger partial charge in [-0.15, -0.1) is 0 Å². The molecule has 1 spiro atoms. The third kappa shape index (κ3) is 4.53. The maximum absolute atomic E-state index is 2.76. The van der Waals surface area contributed by atoms with Crippen LogP contribution in [0, 0.1) is 16.7 Å². The van der Waals surface area contributed by atoms with E-state index in [9.17, 15) is 0 Å². The molecule has 140 valence electrons. The third-order valence-corrected chi connectivity index (χ3v) is 7.11. The standard InChI is InChI=1S/C19H35N3.C2H6/c1-18(7-8-18)14-22-15-19(16-22)5-3-17(4-6-19)13-21-11-9-20(2)10-12-21;1-2/h17H,3-16H2,1-2H3;1-2H3. The molecule has 0 aromatic heterocycles. The molecule has 2 aliphatic heterocycles. The van der Waals surface area contributed by atoms with Gasteiger partial charge in [0.2, 0.25) is 0 Å². The second-order valence-corrected chi connectivity index (χ2v) is 9.50. The number of nitrogens with zero attached hydrogens (tertiary/aromatic N) is 3. The van der Waals surface area contributed by atoms with Crippen LogP contribution < -0.4 is 0 Å². The minimum atomic E-state index is 0.709. The van der Waals surface area contributed by atoms with Gasteiger partial charge in [0, 0.05) is 52.4 Å². The molecular formula is C21H41N3. The first-order valence-electron chi connectivity index (χ1n) is 10.7. The molecule has 0 aromatic carbocycles. The van der Waals surface area contributed by atoms with Gasteiger partial charge < -0.3 is 14.7 Å². The lowest BCUT2D eigenvalue weighted by Gasteiger charge is -2.54. The molecule has 3 heteroatoms. The molecule has 0 unspecified atom stereocenters. The van der Waals surface area contributed by atoms with Crippen molar-refractivity contribution in [2.24, 2.45) is 16.7 Å². The van der Waals surface area contributed by atoms with Crippen molar-refractivity contribution in [3.8, 4) is 0 Å². The van der Waals surface area contributed by atoms with Gasteiger partial charge in [0.05, 0.1) is 0 Å². The number of likely N-dealkylation sites (tertiary alicyclic amines) is 1. The Labute approximate surface area is 150 Å². The summed E-state index contributed by atoms with van der Waals surface area (Å²) in [5, 5.41) is 0. The number of rotatable bonds is 4. The summed E-state index contributed by atoms with van der Waals surface area (Å²) in [6, 6.07) is 0. The Morgan fingerprint density at radius 2 is 1.42 bits per heavy atom. The van der Waals surface area contributed by atoms with Gasteiger partial charge in [-0.1, -0.05) is 20.8 Å². The Morgan fingerprint density at radius 1 is 0.833 bits per heavy atom. The molecule has 2 saturated heterocycles. The van der Waals surface area contributed by atoms with Gasteiger partial charge in [-0.25, -0.2) is 0 Å². The van der Waals surface area contributed by atoms with E-state index in [2.05, 4.69) is 28.7 Å². The fraction of sp³-hybridized carbons (Fsp3) is 1.00. The highest BCUT2D eigenvalue weighted by Crippen LogP contribution is 2.50. The van der Waals surface area contributed by atoms with E-state index in [4.69, 9.17) is 0 Å². The lowest BCUT2D eigenvalue weighted by Crippen LogP contribution is -2.59. The fourth-order valence-electron chi connectivity index (χ4n) is 5.11. The van der Waals surface area contributed by atoms with Crippen molar-refractivity contribution in [2.75, 3.05) is 59.4 Å². The lowest BCUT2D eigenvalue weighted by atomic mass is 9.65. The predicted octanol–water partition coefficient (Wildman–Crippen LogP) is 3.55. The molecule has 0 bridgehead atoms. The highest BCUT2D eigenvalue weighted by molar-refractivity contribution is 5.02. The van der Waals surface area contributed by atoms with E-state index >= 15 is 0 Å². The Hall–Kier alpha value is -0.120. The molecule has 2 saturated carbocycles. The summed E-state index contributed by atoms with van der Waals surface area (Å²) in [7, 11) is 2.26. The first-order chi connectivity index (χ1) is 11.5. The van der Waals surface area contributed by atoms with E-state index in [-0.39, 0.29) is 0 Å². The number of hydrogen-bond donors (Lipinski definition) is 0. The van der Waals surface area contributed by atoms with Gasteiger partial charge >= 0.3 is 0 Å². The van der Waals surface area contributed by atoms with Crippen molar-refractivity contribution < 1.29 is 0 Å². The smallest absolute Gasteiger partial charge is 0.0110 e. The van der Waals surface area contributed by atoms with Crippen LogP contribution in [0.4, 0.5) is 0 Å². The zero-order valence-corrected chi connectivity index (χ0v) is 16.8. The Bertz CT molecular complexity index is 380. The van der Waals surface area contributed by atoms with E-state index in [0.717, 1.165) is 11.3 Å². The molecule has 0 radical (unpaired) electrons. The van der Waals surface area contributed by atoms with Crippen molar-refractivity contribution in [3.05, 3.63) is 0 Å². The van der Waals surface area contributed by atoms with Crippen molar-refractivity contribution in [1.82, 2.24) is 14.7 Å². The second-order valence-electron chi connectivity index (χ2n) is 9.50. The minimum Gasteiger partial charge on any atom is -0.304 e. The number of hydrogen-bond acceptors (Lipinski definition) is 3. The van der Waals surface area contributed by atoms with Gasteiger partial charge in [0.1, 0.15) is 0 Å². The van der Waals surface area contributed by atoms with E-state index < -0.39 is 0 Å². The fourth-order valence-corrected chi connectivity index (χ4v) is 5.11. The third-order valence-electron chi connectivity index (χ3n) is 7.11. The van der Waals surface area contributed by atoms with E-state index in [1.54, 1.807) is 0 Å². The van der Waals surface area contributed by atoms with Crippen LogP contribution >= 0.6 is 0 Å². The molecule has 4 fully saturated rings. The summed E-state index contributed by atoms with van der Waals surface area (Å²) in [5.74, 6) is 0.990. The van der Waals surface area contributed by atoms with Crippen LogP contribution in [-0.2, 0) is 0 Å². The van der Waals surface area contributed by atoms with Gasteiger partial charge in [-0.05, 0) is 62.3 Å². The molecule has 0 N–H and O–H groups in total. The highest BCUT2D eigenvalue weighted by atomic mass is 15.2. The Morgan fingerprint density at radius 3 is 1.96 bits per heavy atom. The zero-order chi connectivity index (χ0) is 17.2. The van der Waals surface area contributed by atoms with Crippen LogP contribution in [0.2, 0.25) is 0 Å². The molecule has 24 heavy (non-hydrogen) atoms. The van der Waals surface area contributed by atoms with Crippen molar-refractivity contribution in [3.63, 3.8) is 0 Å². The van der Waals surface area contributed by atoms with Gasteiger partial charge in [-0.3, -0.25) is 0 Å². The lowest BCUT2D eigenvalue weighted by molar-refractivity contribution is -0.0498. The summed E-state index contributed by atoms with van der Waals surface area (Å²) < 4.78 is 0. The van der Waals surface area contributed by atoms with Crippen molar-refractivity contribution >= 4 is 0 Å². The number of likely N-dealkylation sites (N-methyl/N-ethyl adjacent to an activating group) is 1. The Kier molecular flexibility index (Phi) is 5.94. The SMILES string of the molecule is CC.CN1CCN(CC2CCC3(CC2)CN(CC2(C)CC2)C3)CC1. The zero-order valence-electron chi connectivity index (χ0n) is 16.8. The monoisotopic (exact) mass is 335 g/mol. The average molecular weight is 336 g/mol. The van der Waals surface area contributed by atoms with Crippen LogP contribution in [0.3, 0.4) is 0 Å². The van der Waals surface area contributed by atoms with Crippen LogP contribution in [-0.4, -0.2) is 74.1 Å². The molecule has 3 nitrogen and oxygen atoms in total. The van der Waals surface area contributed by atoms with Gasteiger partial charge in [0.25, 0.3) is 0 Å². The van der Waals surface area contributed by atoms with Crippen LogP contribution in [0.15, 0.2) is 0 Å². The molecule has 2 heterocycles. The molecule has 2 aliphatic carbocycles. The van der Waals surface area contributed by atoms with Gasteiger partial charge in [0.15, 0.2) is 0 Å². The van der Waals surface area contributed by atoms with Crippen molar-refractivity contribution in [2.45, 2.75) is 59.3 Å². The average Bonchev–Trinajstić information content (AvgIpc) is 3.29. The molecule has 0 atom stereocenters.